The first-order chi connectivity index (χ1) is 13.8. The smallest absolute Gasteiger partial charge is 0.239 e. The molecule has 29 heavy (non-hydrogen) atoms. The topological polar surface area (TPSA) is 73.0 Å². The molecule has 158 valence electrons. The number of anilines is 1. The number of likely N-dealkylation sites (tertiary alicyclic amines) is 1. The van der Waals surface area contributed by atoms with Gasteiger partial charge >= 0.3 is 0 Å². The van der Waals surface area contributed by atoms with Crippen molar-refractivity contribution in [3.8, 4) is 0 Å². The highest BCUT2D eigenvalue weighted by atomic mass is 35.5. The number of amides is 3. The number of nitrogens with one attached hydrogen (secondary N) is 1. The van der Waals surface area contributed by atoms with Crippen molar-refractivity contribution in [1.82, 2.24) is 15.1 Å². The van der Waals surface area contributed by atoms with Crippen molar-refractivity contribution in [3.05, 3.63) is 28.2 Å². The molecule has 2 fully saturated rings. The van der Waals surface area contributed by atoms with Crippen LogP contribution in [0.25, 0.3) is 0 Å². The van der Waals surface area contributed by atoms with Crippen LogP contribution in [0, 0.1) is 5.92 Å². The Balaban J connectivity index is 1.51. The lowest BCUT2D eigenvalue weighted by Crippen LogP contribution is -2.49. The van der Waals surface area contributed by atoms with Crippen molar-refractivity contribution >= 4 is 46.6 Å². The summed E-state index contributed by atoms with van der Waals surface area (Å²) in [5, 5.41) is 3.83. The van der Waals surface area contributed by atoms with Crippen LogP contribution >= 0.6 is 23.2 Å². The van der Waals surface area contributed by atoms with Gasteiger partial charge in [-0.15, -0.1) is 0 Å². The number of halogens is 2. The van der Waals surface area contributed by atoms with Gasteiger partial charge in [0.05, 0.1) is 16.6 Å². The van der Waals surface area contributed by atoms with Gasteiger partial charge in [0, 0.05) is 45.5 Å². The van der Waals surface area contributed by atoms with Crippen LogP contribution in [0.3, 0.4) is 0 Å². The lowest BCUT2D eigenvalue weighted by atomic mass is 10.0. The van der Waals surface area contributed by atoms with Gasteiger partial charge in [-0.25, -0.2) is 0 Å². The first kappa shape index (κ1) is 21.9. The minimum atomic E-state index is -0.683. The lowest BCUT2D eigenvalue weighted by Gasteiger charge is -2.32. The van der Waals surface area contributed by atoms with Gasteiger partial charge in [0.15, 0.2) is 0 Å². The number of benzene rings is 1. The van der Waals surface area contributed by atoms with Crippen molar-refractivity contribution in [1.29, 1.82) is 0 Å². The molecule has 1 aromatic carbocycles. The Kier molecular flexibility index (Phi) is 7.03. The molecule has 1 atom stereocenters. The van der Waals surface area contributed by atoms with Gasteiger partial charge in [0.2, 0.25) is 17.7 Å². The van der Waals surface area contributed by atoms with Crippen LogP contribution in [-0.2, 0) is 14.4 Å². The minimum absolute atomic E-state index is 0.0278. The fourth-order valence-corrected chi connectivity index (χ4v) is 3.99. The summed E-state index contributed by atoms with van der Waals surface area (Å²) in [7, 11) is 3.49. The fourth-order valence-electron chi connectivity index (χ4n) is 3.70. The number of hydrogen-bond acceptors (Lipinski definition) is 4. The van der Waals surface area contributed by atoms with Crippen molar-refractivity contribution in [2.75, 3.05) is 45.2 Å². The Hall–Kier alpha value is -1.83. The van der Waals surface area contributed by atoms with E-state index in [1.807, 2.05) is 0 Å². The largest absolute Gasteiger partial charge is 0.353 e. The van der Waals surface area contributed by atoms with E-state index < -0.39 is 5.92 Å². The second kappa shape index (κ2) is 9.32. The van der Waals surface area contributed by atoms with Crippen LogP contribution in [0.5, 0.6) is 0 Å². The molecule has 0 saturated carbocycles. The summed E-state index contributed by atoms with van der Waals surface area (Å²) in [4.78, 5) is 42.5. The molecule has 0 spiro atoms. The molecule has 2 saturated heterocycles. The Morgan fingerprint density at radius 1 is 1.10 bits per heavy atom. The van der Waals surface area contributed by atoms with Crippen molar-refractivity contribution in [2.45, 2.75) is 25.3 Å². The number of rotatable bonds is 5. The normalized spacial score (nSPS) is 20.8. The molecule has 0 radical (unpaired) electrons. The van der Waals surface area contributed by atoms with E-state index in [1.54, 1.807) is 42.1 Å². The van der Waals surface area contributed by atoms with Crippen molar-refractivity contribution in [3.63, 3.8) is 0 Å². The van der Waals surface area contributed by atoms with Crippen LogP contribution < -0.4 is 10.2 Å². The fraction of sp³-hybridized carbons (Fsp3) is 0.550. The van der Waals surface area contributed by atoms with Gasteiger partial charge < -0.3 is 15.1 Å². The van der Waals surface area contributed by atoms with E-state index in [0.717, 1.165) is 25.9 Å². The highest BCUT2D eigenvalue weighted by Crippen LogP contribution is 2.31. The number of piperidine rings is 1. The molecule has 3 rings (SSSR count). The zero-order valence-corrected chi connectivity index (χ0v) is 18.2. The van der Waals surface area contributed by atoms with Gasteiger partial charge in [-0.3, -0.25) is 19.3 Å². The number of likely N-dealkylation sites (N-methyl/N-ethyl adjacent to an activating group) is 1. The maximum Gasteiger partial charge on any atom is 0.239 e. The Labute approximate surface area is 180 Å². The van der Waals surface area contributed by atoms with Crippen LogP contribution in [0.2, 0.25) is 10.0 Å². The van der Waals surface area contributed by atoms with Crippen LogP contribution in [0.1, 0.15) is 19.3 Å². The van der Waals surface area contributed by atoms with Crippen LogP contribution in [-0.4, -0.2) is 73.8 Å². The monoisotopic (exact) mass is 440 g/mol. The molecular weight excluding hydrogens is 415 g/mol. The third-order valence-electron chi connectivity index (χ3n) is 5.53. The van der Waals surface area contributed by atoms with Gasteiger partial charge in [0.25, 0.3) is 0 Å². The van der Waals surface area contributed by atoms with Gasteiger partial charge in [-0.05, 0) is 37.5 Å². The number of carbonyl (C=O) groups excluding carboxylic acids is 3. The molecule has 0 bridgehead atoms. The van der Waals surface area contributed by atoms with E-state index in [1.165, 1.54) is 0 Å². The van der Waals surface area contributed by atoms with Crippen LogP contribution in [0.15, 0.2) is 18.2 Å². The van der Waals surface area contributed by atoms with E-state index in [4.69, 9.17) is 23.2 Å². The predicted octanol–water partition coefficient (Wildman–Crippen LogP) is 2.02. The molecule has 2 aliphatic heterocycles. The van der Waals surface area contributed by atoms with Gasteiger partial charge in [-0.1, -0.05) is 23.2 Å². The van der Waals surface area contributed by atoms with E-state index in [0.29, 0.717) is 35.2 Å². The summed E-state index contributed by atoms with van der Waals surface area (Å²) in [5.74, 6) is -1.04. The van der Waals surface area contributed by atoms with Crippen molar-refractivity contribution in [2.24, 2.45) is 5.92 Å². The second-order valence-corrected chi connectivity index (χ2v) is 8.59. The molecule has 2 aliphatic rings. The standard InChI is InChI=1S/C20H26Cl2N4O3/c1-24(2)18(27)12-25-8-5-13(6-9-25)23-19(28)15-7-10-26(20(15)29)14-3-4-16(21)17(22)11-14/h3-4,11,13,15H,5-10,12H2,1-2H3,(H,23,28). The summed E-state index contributed by atoms with van der Waals surface area (Å²) in [5.41, 5.74) is 0.651. The molecule has 0 aliphatic carbocycles. The van der Waals surface area contributed by atoms with Crippen LogP contribution in [0.4, 0.5) is 5.69 Å². The van der Waals surface area contributed by atoms with E-state index >= 15 is 0 Å². The first-order valence-corrected chi connectivity index (χ1v) is 10.5. The lowest BCUT2D eigenvalue weighted by molar-refractivity contribution is -0.133. The average Bonchev–Trinajstić information content (AvgIpc) is 3.07. The average molecular weight is 441 g/mol. The van der Waals surface area contributed by atoms with E-state index in [-0.39, 0.29) is 23.8 Å². The van der Waals surface area contributed by atoms with E-state index in [9.17, 15) is 14.4 Å². The SMILES string of the molecule is CN(C)C(=O)CN1CCC(NC(=O)C2CCN(c3ccc(Cl)c(Cl)c3)C2=O)CC1. The van der Waals surface area contributed by atoms with Gasteiger partial charge in [0.1, 0.15) is 5.92 Å². The second-order valence-electron chi connectivity index (χ2n) is 7.78. The molecule has 7 nitrogen and oxygen atoms in total. The van der Waals surface area contributed by atoms with Gasteiger partial charge in [-0.2, -0.15) is 0 Å². The number of hydrogen-bond donors (Lipinski definition) is 1. The highest BCUT2D eigenvalue weighted by molar-refractivity contribution is 6.42. The molecule has 1 unspecified atom stereocenters. The summed E-state index contributed by atoms with van der Waals surface area (Å²) in [6.45, 7) is 2.37. The van der Waals surface area contributed by atoms with Crippen molar-refractivity contribution < 1.29 is 14.4 Å². The minimum Gasteiger partial charge on any atom is -0.353 e. The molecule has 0 aromatic heterocycles. The predicted molar refractivity (Wildman–Crippen MR) is 113 cm³/mol. The summed E-state index contributed by atoms with van der Waals surface area (Å²) in [6, 6.07) is 5.05. The summed E-state index contributed by atoms with van der Waals surface area (Å²) in [6.07, 6.45) is 2.01. The molecule has 2 heterocycles. The third kappa shape index (κ3) is 5.21. The maximum atomic E-state index is 12.8. The quantitative estimate of drug-likeness (QED) is 0.710. The number of carbonyl (C=O) groups is 3. The Morgan fingerprint density at radius 2 is 1.79 bits per heavy atom. The molecule has 3 amide bonds. The third-order valence-corrected chi connectivity index (χ3v) is 6.27. The Bertz CT molecular complexity index is 794. The highest BCUT2D eigenvalue weighted by Gasteiger charge is 2.38. The zero-order chi connectivity index (χ0) is 21.1. The first-order valence-electron chi connectivity index (χ1n) is 9.75. The number of nitrogens with zero attached hydrogens (tertiary/aromatic N) is 3. The maximum absolute atomic E-state index is 12.8. The molecule has 1 aromatic rings. The van der Waals surface area contributed by atoms with E-state index in [2.05, 4.69) is 10.2 Å². The molecular formula is C20H26Cl2N4O3. The Morgan fingerprint density at radius 3 is 2.41 bits per heavy atom. The molecule has 9 heteroatoms. The molecule has 1 N–H and O–H groups in total. The zero-order valence-electron chi connectivity index (χ0n) is 16.7. The summed E-state index contributed by atoms with van der Waals surface area (Å²) >= 11 is 12.0. The summed E-state index contributed by atoms with van der Waals surface area (Å²) < 4.78 is 0.